The van der Waals surface area contributed by atoms with E-state index in [4.69, 9.17) is 14.2 Å². The van der Waals surface area contributed by atoms with Crippen LogP contribution in [0, 0.1) is 0 Å². The maximum Gasteiger partial charge on any atom is 0.267 e. The molecule has 0 bridgehead atoms. The SMILES string of the molecule is CCCCN1C(=O)C(C)Oc2ccc(NC(=O)COc3ccc(OCC)cc3)cc21. The van der Waals surface area contributed by atoms with Gasteiger partial charge in [0.1, 0.15) is 17.2 Å². The second-order valence-electron chi connectivity index (χ2n) is 7.03. The third kappa shape index (κ3) is 5.23. The number of rotatable bonds is 9. The van der Waals surface area contributed by atoms with E-state index in [9.17, 15) is 9.59 Å². The Labute approximate surface area is 176 Å². The van der Waals surface area contributed by atoms with Crippen molar-refractivity contribution in [1.82, 2.24) is 0 Å². The van der Waals surface area contributed by atoms with Crippen LogP contribution in [0.15, 0.2) is 42.5 Å². The van der Waals surface area contributed by atoms with Crippen LogP contribution < -0.4 is 24.4 Å². The molecule has 3 rings (SSSR count). The first-order valence-corrected chi connectivity index (χ1v) is 10.3. The van der Waals surface area contributed by atoms with Gasteiger partial charge in [0.15, 0.2) is 12.7 Å². The van der Waals surface area contributed by atoms with Crippen LogP contribution >= 0.6 is 0 Å². The van der Waals surface area contributed by atoms with E-state index >= 15 is 0 Å². The number of hydrogen-bond donors (Lipinski definition) is 1. The topological polar surface area (TPSA) is 77.1 Å². The second-order valence-corrected chi connectivity index (χ2v) is 7.03. The third-order valence-corrected chi connectivity index (χ3v) is 4.69. The largest absolute Gasteiger partial charge is 0.494 e. The molecule has 0 spiro atoms. The van der Waals surface area contributed by atoms with E-state index in [0.29, 0.717) is 36.0 Å². The van der Waals surface area contributed by atoms with Crippen LogP contribution in [0.4, 0.5) is 11.4 Å². The number of fused-ring (bicyclic) bond motifs is 1. The van der Waals surface area contributed by atoms with E-state index in [-0.39, 0.29) is 18.4 Å². The van der Waals surface area contributed by atoms with Gasteiger partial charge < -0.3 is 24.4 Å². The van der Waals surface area contributed by atoms with Gasteiger partial charge in [-0.15, -0.1) is 0 Å². The first-order chi connectivity index (χ1) is 14.5. The van der Waals surface area contributed by atoms with Gasteiger partial charge in [0.2, 0.25) is 0 Å². The first kappa shape index (κ1) is 21.5. The lowest BCUT2D eigenvalue weighted by Gasteiger charge is -2.33. The Morgan fingerprint density at radius 1 is 1.10 bits per heavy atom. The zero-order chi connectivity index (χ0) is 21.5. The maximum atomic E-state index is 12.5. The van der Waals surface area contributed by atoms with Crippen molar-refractivity contribution in [3.8, 4) is 17.2 Å². The summed E-state index contributed by atoms with van der Waals surface area (Å²) in [5.74, 6) is 1.61. The van der Waals surface area contributed by atoms with Gasteiger partial charge in [0, 0.05) is 12.2 Å². The fraction of sp³-hybridized carbons (Fsp3) is 0.391. The molecule has 1 N–H and O–H groups in total. The molecule has 2 amide bonds. The van der Waals surface area contributed by atoms with Crippen LogP contribution in [0.2, 0.25) is 0 Å². The number of unbranched alkanes of at least 4 members (excludes halogenated alkanes) is 1. The van der Waals surface area contributed by atoms with Gasteiger partial charge in [-0.2, -0.15) is 0 Å². The number of anilines is 2. The Balaban J connectivity index is 1.63. The highest BCUT2D eigenvalue weighted by Crippen LogP contribution is 2.36. The molecule has 0 aromatic heterocycles. The highest BCUT2D eigenvalue weighted by molar-refractivity contribution is 6.01. The fourth-order valence-electron chi connectivity index (χ4n) is 3.18. The fourth-order valence-corrected chi connectivity index (χ4v) is 3.18. The van der Waals surface area contributed by atoms with E-state index in [1.165, 1.54) is 0 Å². The molecule has 1 aliphatic heterocycles. The third-order valence-electron chi connectivity index (χ3n) is 4.69. The lowest BCUT2D eigenvalue weighted by atomic mass is 10.1. The van der Waals surface area contributed by atoms with E-state index in [0.717, 1.165) is 18.6 Å². The number of hydrogen-bond acceptors (Lipinski definition) is 5. The van der Waals surface area contributed by atoms with Gasteiger partial charge in [-0.1, -0.05) is 13.3 Å². The predicted octanol–water partition coefficient (Wildman–Crippen LogP) is 4.02. The van der Waals surface area contributed by atoms with Crippen molar-refractivity contribution in [3.63, 3.8) is 0 Å². The Hall–Kier alpha value is -3.22. The minimum absolute atomic E-state index is 0.0711. The van der Waals surface area contributed by atoms with Crippen LogP contribution in [0.25, 0.3) is 0 Å². The summed E-state index contributed by atoms with van der Waals surface area (Å²) in [6.07, 6.45) is 1.36. The number of amides is 2. The van der Waals surface area contributed by atoms with E-state index in [1.54, 1.807) is 54.3 Å². The molecule has 0 radical (unpaired) electrons. The molecule has 1 heterocycles. The van der Waals surface area contributed by atoms with Crippen LogP contribution in [0.1, 0.15) is 33.6 Å². The number of benzene rings is 2. The average Bonchev–Trinajstić information content (AvgIpc) is 2.74. The van der Waals surface area contributed by atoms with Gasteiger partial charge in [-0.25, -0.2) is 0 Å². The zero-order valence-electron chi connectivity index (χ0n) is 17.6. The standard InChI is InChI=1S/C23H28N2O5/c1-4-6-13-25-20-14-17(7-12-21(20)30-16(3)23(25)27)24-22(26)15-29-19-10-8-18(9-11-19)28-5-2/h7-12,14,16H,4-6,13,15H2,1-3H3,(H,24,26). The summed E-state index contributed by atoms with van der Waals surface area (Å²) in [6.45, 7) is 6.83. The smallest absolute Gasteiger partial charge is 0.267 e. The van der Waals surface area contributed by atoms with E-state index < -0.39 is 6.10 Å². The van der Waals surface area contributed by atoms with Crippen molar-refractivity contribution in [3.05, 3.63) is 42.5 Å². The van der Waals surface area contributed by atoms with Crippen molar-refractivity contribution in [2.24, 2.45) is 0 Å². The molecule has 0 saturated heterocycles. The van der Waals surface area contributed by atoms with Gasteiger partial charge in [-0.05, 0) is 62.7 Å². The number of ether oxygens (including phenoxy) is 3. The van der Waals surface area contributed by atoms with Crippen molar-refractivity contribution >= 4 is 23.2 Å². The molecule has 0 fully saturated rings. The minimum atomic E-state index is -0.516. The van der Waals surface area contributed by atoms with Crippen LogP contribution in [0.3, 0.4) is 0 Å². The predicted molar refractivity (Wildman–Crippen MR) is 116 cm³/mol. The van der Waals surface area contributed by atoms with E-state index in [1.807, 2.05) is 6.92 Å². The monoisotopic (exact) mass is 412 g/mol. The summed E-state index contributed by atoms with van der Waals surface area (Å²) in [5, 5.41) is 2.81. The first-order valence-electron chi connectivity index (χ1n) is 10.3. The Bertz CT molecular complexity index is 882. The number of nitrogens with zero attached hydrogens (tertiary/aromatic N) is 1. The molecule has 160 valence electrons. The lowest BCUT2D eigenvalue weighted by Crippen LogP contribution is -2.44. The molecule has 0 saturated carbocycles. The van der Waals surface area contributed by atoms with Crippen molar-refractivity contribution in [2.45, 2.75) is 39.7 Å². The molecule has 2 aromatic rings. The summed E-state index contributed by atoms with van der Waals surface area (Å²) in [6, 6.07) is 12.4. The van der Waals surface area contributed by atoms with Gasteiger partial charge >= 0.3 is 0 Å². The summed E-state index contributed by atoms with van der Waals surface area (Å²) in [4.78, 5) is 26.6. The van der Waals surface area contributed by atoms with Crippen LogP contribution in [0.5, 0.6) is 17.2 Å². The molecular weight excluding hydrogens is 384 g/mol. The number of carbonyl (C=O) groups is 2. The summed E-state index contributed by atoms with van der Waals surface area (Å²) < 4.78 is 16.6. The van der Waals surface area contributed by atoms with Gasteiger partial charge in [0.05, 0.1) is 12.3 Å². The van der Waals surface area contributed by atoms with Crippen LogP contribution in [-0.2, 0) is 9.59 Å². The minimum Gasteiger partial charge on any atom is -0.494 e. The summed E-state index contributed by atoms with van der Waals surface area (Å²) in [5.41, 5.74) is 1.26. The highest BCUT2D eigenvalue weighted by atomic mass is 16.5. The molecule has 1 aliphatic rings. The molecular formula is C23H28N2O5. The molecule has 1 atom stereocenters. The molecule has 1 unspecified atom stereocenters. The molecule has 2 aromatic carbocycles. The van der Waals surface area contributed by atoms with Crippen molar-refractivity contribution < 1.29 is 23.8 Å². The van der Waals surface area contributed by atoms with Crippen molar-refractivity contribution in [1.29, 1.82) is 0 Å². The summed E-state index contributed by atoms with van der Waals surface area (Å²) >= 11 is 0. The lowest BCUT2D eigenvalue weighted by molar-refractivity contribution is -0.125. The molecule has 0 aliphatic carbocycles. The molecule has 30 heavy (non-hydrogen) atoms. The van der Waals surface area contributed by atoms with Crippen LogP contribution in [-0.4, -0.2) is 37.7 Å². The second kappa shape index (κ2) is 10.0. The van der Waals surface area contributed by atoms with E-state index in [2.05, 4.69) is 12.2 Å². The Kier molecular flexibility index (Phi) is 7.17. The number of nitrogens with one attached hydrogen (secondary N) is 1. The van der Waals surface area contributed by atoms with Gasteiger partial charge in [0.25, 0.3) is 11.8 Å². The zero-order valence-corrected chi connectivity index (χ0v) is 17.6. The molecule has 7 heteroatoms. The Morgan fingerprint density at radius 3 is 2.47 bits per heavy atom. The number of carbonyl (C=O) groups excluding carboxylic acids is 2. The summed E-state index contributed by atoms with van der Waals surface area (Å²) in [7, 11) is 0. The quantitative estimate of drug-likeness (QED) is 0.673. The maximum absolute atomic E-state index is 12.5. The Morgan fingerprint density at radius 2 is 1.80 bits per heavy atom. The highest BCUT2D eigenvalue weighted by Gasteiger charge is 2.31. The van der Waals surface area contributed by atoms with Crippen molar-refractivity contribution in [2.75, 3.05) is 30.0 Å². The molecule has 7 nitrogen and oxygen atoms in total. The normalized spacial score (nSPS) is 15.2. The van der Waals surface area contributed by atoms with Gasteiger partial charge in [-0.3, -0.25) is 9.59 Å². The average molecular weight is 412 g/mol.